The zero-order valence-electron chi connectivity index (χ0n) is 17.3. The maximum absolute atomic E-state index is 5.72. The summed E-state index contributed by atoms with van der Waals surface area (Å²) in [6.07, 6.45) is 6.98. The second-order valence-electron chi connectivity index (χ2n) is 8.16. The van der Waals surface area contributed by atoms with E-state index in [1.807, 2.05) is 13.1 Å². The van der Waals surface area contributed by atoms with Crippen molar-refractivity contribution in [3.63, 3.8) is 0 Å². The minimum absolute atomic E-state index is 0.264. The molecule has 6 heteroatoms. The third kappa shape index (κ3) is 5.48. The average molecular weight is 376 g/mol. The van der Waals surface area contributed by atoms with Gasteiger partial charge in [-0.25, -0.2) is 0 Å². The summed E-state index contributed by atoms with van der Waals surface area (Å²) in [4.78, 5) is 9.59. The number of hydrogen-bond donors (Lipinski definition) is 2. The number of furan rings is 1. The van der Waals surface area contributed by atoms with E-state index in [1.165, 1.54) is 38.8 Å². The molecule has 2 saturated heterocycles. The maximum atomic E-state index is 5.72. The summed E-state index contributed by atoms with van der Waals surface area (Å²) in [6, 6.07) is 4.89. The molecule has 0 amide bonds. The van der Waals surface area contributed by atoms with E-state index in [-0.39, 0.29) is 6.04 Å². The van der Waals surface area contributed by atoms with Crippen molar-refractivity contribution in [2.75, 3.05) is 46.3 Å². The van der Waals surface area contributed by atoms with Gasteiger partial charge in [0.1, 0.15) is 5.76 Å². The monoisotopic (exact) mass is 375 g/mol. The number of rotatable bonds is 8. The Kier molecular flexibility index (Phi) is 7.59. The van der Waals surface area contributed by atoms with Crippen LogP contribution in [0.1, 0.15) is 51.3 Å². The first-order valence-electron chi connectivity index (χ1n) is 10.6. The van der Waals surface area contributed by atoms with Crippen molar-refractivity contribution in [3.8, 4) is 0 Å². The van der Waals surface area contributed by atoms with E-state index in [1.54, 1.807) is 6.26 Å². The second kappa shape index (κ2) is 10.1. The molecule has 0 spiro atoms. The molecule has 1 aromatic rings. The van der Waals surface area contributed by atoms with Crippen molar-refractivity contribution >= 4 is 5.96 Å². The molecule has 2 aliphatic heterocycles. The standard InChI is InChI=1S/C21H37N5O/c1-17(2)18(25-10-4-5-11-25)15-23-21(22-3)24-16-19(20-9-8-14-27-20)26-12-6-7-13-26/h8-9,14,17-19H,4-7,10-13,15-16H2,1-3H3,(H2,22,23,24). The van der Waals surface area contributed by atoms with Gasteiger partial charge in [0, 0.05) is 26.2 Å². The molecular weight excluding hydrogens is 338 g/mol. The Hall–Kier alpha value is -1.53. The summed E-state index contributed by atoms with van der Waals surface area (Å²) in [7, 11) is 1.85. The van der Waals surface area contributed by atoms with E-state index in [0.717, 1.165) is 37.9 Å². The fourth-order valence-electron chi connectivity index (χ4n) is 4.42. The van der Waals surface area contributed by atoms with Crippen LogP contribution < -0.4 is 10.6 Å². The van der Waals surface area contributed by atoms with E-state index >= 15 is 0 Å². The third-order valence-electron chi connectivity index (χ3n) is 6.00. The van der Waals surface area contributed by atoms with Crippen LogP contribution >= 0.6 is 0 Å². The molecule has 6 nitrogen and oxygen atoms in total. The molecule has 2 unspecified atom stereocenters. The van der Waals surface area contributed by atoms with Gasteiger partial charge in [0.15, 0.2) is 5.96 Å². The van der Waals surface area contributed by atoms with Crippen LogP contribution in [0.15, 0.2) is 27.8 Å². The summed E-state index contributed by atoms with van der Waals surface area (Å²) in [5.41, 5.74) is 0. The molecule has 27 heavy (non-hydrogen) atoms. The van der Waals surface area contributed by atoms with Crippen molar-refractivity contribution in [2.45, 2.75) is 51.6 Å². The van der Waals surface area contributed by atoms with Crippen molar-refractivity contribution < 1.29 is 4.42 Å². The fraction of sp³-hybridized carbons (Fsp3) is 0.762. The first-order chi connectivity index (χ1) is 13.2. The highest BCUT2D eigenvalue weighted by Crippen LogP contribution is 2.24. The topological polar surface area (TPSA) is 56.0 Å². The molecule has 2 N–H and O–H groups in total. The molecule has 2 atom stereocenters. The molecule has 3 heterocycles. The highest BCUT2D eigenvalue weighted by molar-refractivity contribution is 5.79. The first-order valence-corrected chi connectivity index (χ1v) is 10.6. The molecule has 3 rings (SSSR count). The van der Waals surface area contributed by atoms with Crippen molar-refractivity contribution in [1.82, 2.24) is 20.4 Å². The number of nitrogens with one attached hydrogen (secondary N) is 2. The number of aliphatic imine (C=N–C) groups is 1. The van der Waals surface area contributed by atoms with Crippen molar-refractivity contribution in [2.24, 2.45) is 10.9 Å². The van der Waals surface area contributed by atoms with Crippen LogP contribution in [0.5, 0.6) is 0 Å². The number of guanidine groups is 1. The lowest BCUT2D eigenvalue weighted by Crippen LogP contribution is -2.49. The molecule has 1 aromatic heterocycles. The number of nitrogens with zero attached hydrogens (tertiary/aromatic N) is 3. The Labute approximate surface area is 164 Å². The van der Waals surface area contributed by atoms with Gasteiger partial charge < -0.3 is 15.1 Å². The van der Waals surface area contributed by atoms with Crippen LogP contribution in [0.4, 0.5) is 0 Å². The molecule has 0 aliphatic carbocycles. The minimum Gasteiger partial charge on any atom is -0.468 e. The first kappa shape index (κ1) is 20.2. The zero-order valence-corrected chi connectivity index (χ0v) is 17.3. The Balaban J connectivity index is 1.54. The van der Waals surface area contributed by atoms with E-state index in [2.05, 4.69) is 45.3 Å². The number of likely N-dealkylation sites (tertiary alicyclic amines) is 2. The predicted octanol–water partition coefficient (Wildman–Crippen LogP) is 2.70. The highest BCUT2D eigenvalue weighted by atomic mass is 16.3. The van der Waals surface area contributed by atoms with Gasteiger partial charge in [0.2, 0.25) is 0 Å². The van der Waals surface area contributed by atoms with Crippen LogP contribution in [-0.2, 0) is 0 Å². The summed E-state index contributed by atoms with van der Waals surface area (Å²) in [5.74, 6) is 2.56. The van der Waals surface area contributed by atoms with Gasteiger partial charge in [-0.1, -0.05) is 13.8 Å². The van der Waals surface area contributed by atoms with Gasteiger partial charge in [-0.05, 0) is 69.9 Å². The average Bonchev–Trinajstić information content (AvgIpc) is 3.43. The third-order valence-corrected chi connectivity index (χ3v) is 6.00. The van der Waals surface area contributed by atoms with Gasteiger partial charge in [-0.3, -0.25) is 14.8 Å². The molecule has 0 saturated carbocycles. The smallest absolute Gasteiger partial charge is 0.191 e. The molecule has 0 radical (unpaired) electrons. The summed E-state index contributed by atoms with van der Waals surface area (Å²) >= 11 is 0. The Bertz CT molecular complexity index is 559. The van der Waals surface area contributed by atoms with Gasteiger partial charge in [0.25, 0.3) is 0 Å². The fourth-order valence-corrected chi connectivity index (χ4v) is 4.42. The van der Waals surface area contributed by atoms with Gasteiger partial charge in [-0.2, -0.15) is 0 Å². The number of hydrogen-bond acceptors (Lipinski definition) is 4. The lowest BCUT2D eigenvalue weighted by molar-refractivity contribution is 0.191. The normalized spacial score (nSPS) is 21.7. The molecular formula is C21H37N5O. The SMILES string of the molecule is CN=C(NCC(c1ccco1)N1CCCC1)NCC(C(C)C)N1CCCC1. The lowest BCUT2D eigenvalue weighted by atomic mass is 10.0. The second-order valence-corrected chi connectivity index (χ2v) is 8.16. The molecule has 152 valence electrons. The Morgan fingerprint density at radius 3 is 2.22 bits per heavy atom. The molecule has 2 fully saturated rings. The van der Waals surface area contributed by atoms with E-state index in [4.69, 9.17) is 4.42 Å². The van der Waals surface area contributed by atoms with Gasteiger partial charge >= 0.3 is 0 Å². The minimum atomic E-state index is 0.264. The Morgan fingerprint density at radius 1 is 1.04 bits per heavy atom. The predicted molar refractivity (Wildman–Crippen MR) is 111 cm³/mol. The summed E-state index contributed by atoms with van der Waals surface area (Å²) in [6.45, 7) is 11.1. The summed E-state index contributed by atoms with van der Waals surface area (Å²) in [5, 5.41) is 7.11. The van der Waals surface area contributed by atoms with Crippen LogP contribution in [0.2, 0.25) is 0 Å². The van der Waals surface area contributed by atoms with Crippen molar-refractivity contribution in [3.05, 3.63) is 24.2 Å². The zero-order chi connectivity index (χ0) is 19.1. The molecule has 0 bridgehead atoms. The summed E-state index contributed by atoms with van der Waals surface area (Å²) < 4.78 is 5.72. The van der Waals surface area contributed by atoms with Crippen LogP contribution in [-0.4, -0.2) is 68.1 Å². The molecule has 2 aliphatic rings. The van der Waals surface area contributed by atoms with Crippen molar-refractivity contribution in [1.29, 1.82) is 0 Å². The van der Waals surface area contributed by atoms with E-state index < -0.39 is 0 Å². The van der Waals surface area contributed by atoms with Crippen LogP contribution in [0.25, 0.3) is 0 Å². The highest BCUT2D eigenvalue weighted by Gasteiger charge is 2.27. The maximum Gasteiger partial charge on any atom is 0.191 e. The Morgan fingerprint density at radius 2 is 1.67 bits per heavy atom. The molecule has 0 aromatic carbocycles. The van der Waals surface area contributed by atoms with Gasteiger partial charge in [-0.15, -0.1) is 0 Å². The van der Waals surface area contributed by atoms with E-state index in [0.29, 0.717) is 12.0 Å². The van der Waals surface area contributed by atoms with E-state index in [9.17, 15) is 0 Å². The van der Waals surface area contributed by atoms with Crippen LogP contribution in [0, 0.1) is 5.92 Å². The van der Waals surface area contributed by atoms with Gasteiger partial charge in [0.05, 0.1) is 12.3 Å². The largest absolute Gasteiger partial charge is 0.468 e. The lowest BCUT2D eigenvalue weighted by Gasteiger charge is -2.32. The quantitative estimate of drug-likeness (QED) is 0.540. The van der Waals surface area contributed by atoms with Crippen LogP contribution in [0.3, 0.4) is 0 Å².